The largest absolute Gasteiger partial charge is 0.497 e. The Morgan fingerprint density at radius 2 is 1.79 bits per heavy atom. The molecule has 3 rings (SSSR count). The van der Waals surface area contributed by atoms with Gasteiger partial charge in [0.2, 0.25) is 0 Å². The zero-order valence-electron chi connectivity index (χ0n) is 16.2. The summed E-state index contributed by atoms with van der Waals surface area (Å²) in [4.78, 5) is 16.4. The van der Waals surface area contributed by atoms with Crippen LogP contribution in [0.25, 0.3) is 0 Å². The van der Waals surface area contributed by atoms with Crippen LogP contribution in [0.15, 0.2) is 42.5 Å². The molecule has 1 amide bonds. The summed E-state index contributed by atoms with van der Waals surface area (Å²) in [6.45, 7) is 3.39. The fourth-order valence-corrected chi connectivity index (χ4v) is 3.19. The Morgan fingerprint density at radius 1 is 1.00 bits per heavy atom. The standard InChI is InChI=1S/C21H25FN2O4/c1-26-18-6-7-20(27-2)16(12-18)14-23-8-10-24(11-9-23)21(25)15-28-19-5-3-4-17(22)13-19/h3-7,12-13H,8-11,14-15H2,1-2H3. The molecule has 1 aliphatic rings. The Kier molecular flexibility index (Phi) is 6.71. The average molecular weight is 388 g/mol. The molecule has 0 N–H and O–H groups in total. The van der Waals surface area contributed by atoms with Gasteiger partial charge in [0.15, 0.2) is 6.61 Å². The number of halogens is 1. The third kappa shape index (κ3) is 5.13. The lowest BCUT2D eigenvalue weighted by atomic mass is 10.1. The number of piperazine rings is 1. The molecule has 0 atom stereocenters. The molecule has 1 heterocycles. The van der Waals surface area contributed by atoms with Crippen LogP contribution in [-0.2, 0) is 11.3 Å². The Hall–Kier alpha value is -2.80. The van der Waals surface area contributed by atoms with E-state index in [1.807, 2.05) is 18.2 Å². The molecular formula is C21H25FN2O4. The molecule has 28 heavy (non-hydrogen) atoms. The van der Waals surface area contributed by atoms with Crippen molar-refractivity contribution in [3.63, 3.8) is 0 Å². The van der Waals surface area contributed by atoms with Crippen molar-refractivity contribution in [2.75, 3.05) is 47.0 Å². The minimum absolute atomic E-state index is 0.0901. The monoisotopic (exact) mass is 388 g/mol. The van der Waals surface area contributed by atoms with Gasteiger partial charge in [-0.1, -0.05) is 6.07 Å². The molecule has 0 aromatic heterocycles. The number of methoxy groups -OCH3 is 2. The molecule has 1 aliphatic heterocycles. The van der Waals surface area contributed by atoms with Crippen LogP contribution in [0.3, 0.4) is 0 Å². The minimum Gasteiger partial charge on any atom is -0.497 e. The van der Waals surface area contributed by atoms with Gasteiger partial charge in [0.05, 0.1) is 14.2 Å². The van der Waals surface area contributed by atoms with Crippen LogP contribution in [0.1, 0.15) is 5.56 Å². The van der Waals surface area contributed by atoms with Crippen molar-refractivity contribution in [2.45, 2.75) is 6.54 Å². The first kappa shape index (κ1) is 19.9. The van der Waals surface area contributed by atoms with E-state index in [1.165, 1.54) is 12.1 Å². The Labute approximate surface area is 164 Å². The number of nitrogens with zero attached hydrogens (tertiary/aromatic N) is 2. The molecule has 0 spiro atoms. The van der Waals surface area contributed by atoms with Crippen molar-refractivity contribution in [2.24, 2.45) is 0 Å². The van der Waals surface area contributed by atoms with Crippen LogP contribution >= 0.6 is 0 Å². The molecule has 1 fully saturated rings. The Bertz CT molecular complexity index is 807. The van der Waals surface area contributed by atoms with Gasteiger partial charge >= 0.3 is 0 Å². The number of hydrogen-bond acceptors (Lipinski definition) is 5. The van der Waals surface area contributed by atoms with Crippen molar-refractivity contribution >= 4 is 5.91 Å². The van der Waals surface area contributed by atoms with Crippen molar-refractivity contribution in [1.82, 2.24) is 9.80 Å². The molecule has 2 aromatic carbocycles. The lowest BCUT2D eigenvalue weighted by Crippen LogP contribution is -2.49. The van der Waals surface area contributed by atoms with E-state index in [4.69, 9.17) is 14.2 Å². The number of amides is 1. The Balaban J connectivity index is 1.49. The lowest BCUT2D eigenvalue weighted by molar-refractivity contribution is -0.135. The maximum absolute atomic E-state index is 13.2. The molecular weight excluding hydrogens is 363 g/mol. The molecule has 7 heteroatoms. The van der Waals surface area contributed by atoms with E-state index in [2.05, 4.69) is 4.90 Å². The molecule has 0 radical (unpaired) electrons. The van der Waals surface area contributed by atoms with Crippen molar-refractivity contribution in [3.8, 4) is 17.2 Å². The van der Waals surface area contributed by atoms with Gasteiger partial charge in [-0.05, 0) is 30.3 Å². The van der Waals surface area contributed by atoms with E-state index in [9.17, 15) is 9.18 Å². The summed E-state index contributed by atoms with van der Waals surface area (Å²) in [7, 11) is 3.29. The van der Waals surface area contributed by atoms with Gasteiger partial charge in [-0.2, -0.15) is 0 Å². The third-order valence-corrected chi connectivity index (χ3v) is 4.76. The van der Waals surface area contributed by atoms with Gasteiger partial charge in [0.25, 0.3) is 5.91 Å². The van der Waals surface area contributed by atoms with E-state index in [-0.39, 0.29) is 18.3 Å². The highest BCUT2D eigenvalue weighted by molar-refractivity contribution is 5.77. The van der Waals surface area contributed by atoms with Crippen LogP contribution in [0.4, 0.5) is 4.39 Å². The smallest absolute Gasteiger partial charge is 0.260 e. The molecule has 2 aromatic rings. The first-order valence-corrected chi connectivity index (χ1v) is 9.18. The van der Waals surface area contributed by atoms with Crippen LogP contribution in [0, 0.1) is 5.82 Å². The molecule has 0 aliphatic carbocycles. The van der Waals surface area contributed by atoms with Gasteiger partial charge in [0.1, 0.15) is 23.1 Å². The SMILES string of the molecule is COc1ccc(OC)c(CN2CCN(C(=O)COc3cccc(F)c3)CC2)c1. The van der Waals surface area contributed by atoms with Crippen molar-refractivity contribution in [3.05, 3.63) is 53.8 Å². The van der Waals surface area contributed by atoms with E-state index in [1.54, 1.807) is 31.3 Å². The number of benzene rings is 2. The summed E-state index contributed by atoms with van der Waals surface area (Å²) in [5.41, 5.74) is 1.05. The predicted octanol–water partition coefficient (Wildman–Crippen LogP) is 2.57. The second-order valence-electron chi connectivity index (χ2n) is 6.58. The highest BCUT2D eigenvalue weighted by Crippen LogP contribution is 2.25. The quantitative estimate of drug-likeness (QED) is 0.730. The summed E-state index contributed by atoms with van der Waals surface area (Å²) in [6, 6.07) is 11.5. The Morgan fingerprint density at radius 3 is 2.46 bits per heavy atom. The normalized spacial score (nSPS) is 14.6. The van der Waals surface area contributed by atoms with E-state index >= 15 is 0 Å². The average Bonchev–Trinajstić information content (AvgIpc) is 2.72. The number of rotatable bonds is 7. The summed E-state index contributed by atoms with van der Waals surface area (Å²) in [6.07, 6.45) is 0. The number of hydrogen-bond donors (Lipinski definition) is 0. The summed E-state index contributed by atoms with van der Waals surface area (Å²) >= 11 is 0. The van der Waals surface area contributed by atoms with Crippen LogP contribution < -0.4 is 14.2 Å². The lowest BCUT2D eigenvalue weighted by Gasteiger charge is -2.35. The zero-order chi connectivity index (χ0) is 19.9. The highest BCUT2D eigenvalue weighted by Gasteiger charge is 2.22. The molecule has 0 saturated carbocycles. The van der Waals surface area contributed by atoms with Gasteiger partial charge in [-0.25, -0.2) is 4.39 Å². The summed E-state index contributed by atoms with van der Waals surface area (Å²) in [5.74, 6) is 1.49. The second-order valence-corrected chi connectivity index (χ2v) is 6.58. The van der Waals surface area contributed by atoms with E-state index < -0.39 is 0 Å². The van der Waals surface area contributed by atoms with E-state index in [0.717, 1.165) is 36.7 Å². The fourth-order valence-electron chi connectivity index (χ4n) is 3.19. The highest BCUT2D eigenvalue weighted by atomic mass is 19.1. The molecule has 6 nitrogen and oxygen atoms in total. The van der Waals surface area contributed by atoms with Gasteiger partial charge in [-0.3, -0.25) is 9.69 Å². The minimum atomic E-state index is -0.383. The van der Waals surface area contributed by atoms with Crippen LogP contribution in [-0.4, -0.2) is 62.7 Å². The summed E-state index contributed by atoms with van der Waals surface area (Å²) < 4.78 is 29.3. The van der Waals surface area contributed by atoms with Crippen LogP contribution in [0.5, 0.6) is 17.2 Å². The van der Waals surface area contributed by atoms with E-state index in [0.29, 0.717) is 18.8 Å². The first-order chi connectivity index (χ1) is 13.6. The first-order valence-electron chi connectivity index (χ1n) is 9.18. The third-order valence-electron chi connectivity index (χ3n) is 4.76. The second kappa shape index (κ2) is 9.41. The number of carbonyl (C=O) groups is 1. The van der Waals surface area contributed by atoms with Gasteiger partial charge in [-0.15, -0.1) is 0 Å². The summed E-state index contributed by atoms with van der Waals surface area (Å²) in [5, 5.41) is 0. The molecule has 0 unspecified atom stereocenters. The van der Waals surface area contributed by atoms with Crippen LogP contribution in [0.2, 0.25) is 0 Å². The van der Waals surface area contributed by atoms with Crippen molar-refractivity contribution < 1.29 is 23.4 Å². The zero-order valence-corrected chi connectivity index (χ0v) is 16.2. The number of carbonyl (C=O) groups excluding carboxylic acids is 1. The molecule has 0 bridgehead atoms. The maximum atomic E-state index is 13.2. The van der Waals surface area contributed by atoms with Crippen molar-refractivity contribution in [1.29, 1.82) is 0 Å². The topological polar surface area (TPSA) is 51.2 Å². The van der Waals surface area contributed by atoms with Gasteiger partial charge in [0, 0.05) is 44.4 Å². The maximum Gasteiger partial charge on any atom is 0.260 e. The molecule has 150 valence electrons. The van der Waals surface area contributed by atoms with Gasteiger partial charge < -0.3 is 19.1 Å². The predicted molar refractivity (Wildman–Crippen MR) is 103 cm³/mol. The number of ether oxygens (including phenoxy) is 3. The fraction of sp³-hybridized carbons (Fsp3) is 0.381. The molecule has 1 saturated heterocycles.